The van der Waals surface area contributed by atoms with Crippen molar-refractivity contribution in [2.75, 3.05) is 7.11 Å². The van der Waals surface area contributed by atoms with E-state index in [4.69, 9.17) is 4.74 Å². The number of benzene rings is 2. The van der Waals surface area contributed by atoms with E-state index < -0.39 is 0 Å². The third-order valence-electron chi connectivity index (χ3n) is 3.29. The minimum absolute atomic E-state index is 0.721. The van der Waals surface area contributed by atoms with Gasteiger partial charge in [-0.3, -0.25) is 5.10 Å². The third kappa shape index (κ3) is 3.48. The lowest BCUT2D eigenvalue weighted by Crippen LogP contribution is -1.93. The average molecular weight is 279 g/mol. The maximum atomic E-state index is 5.23. The molecule has 3 rings (SSSR count). The smallest absolute Gasteiger partial charge is 0.155 e. The normalized spacial score (nSPS) is 10.5. The van der Waals surface area contributed by atoms with Gasteiger partial charge in [0.15, 0.2) is 5.82 Å². The van der Waals surface area contributed by atoms with Crippen LogP contribution in [0.5, 0.6) is 5.75 Å². The second-order valence-electron chi connectivity index (χ2n) is 4.89. The number of nitrogens with one attached hydrogen (secondary N) is 1. The number of H-pyrrole nitrogens is 1. The standard InChI is InChI=1S/C17H17N3O/c1-21-15-9-5-8-14(10-15)12-17-18-16(19-20-17)11-13-6-3-2-4-7-13/h2-10H,11-12H2,1H3,(H,18,19,20). The van der Waals surface area contributed by atoms with Crippen LogP contribution in [0.15, 0.2) is 54.6 Å². The van der Waals surface area contributed by atoms with Crippen LogP contribution in [0.25, 0.3) is 0 Å². The highest BCUT2D eigenvalue weighted by molar-refractivity contribution is 5.30. The predicted molar refractivity (Wildman–Crippen MR) is 81.4 cm³/mol. The van der Waals surface area contributed by atoms with E-state index in [1.165, 1.54) is 5.56 Å². The number of rotatable bonds is 5. The molecule has 4 nitrogen and oxygen atoms in total. The molecule has 1 N–H and O–H groups in total. The molecule has 0 atom stereocenters. The number of nitrogens with zero attached hydrogens (tertiary/aromatic N) is 2. The molecule has 3 aromatic rings. The number of ether oxygens (including phenoxy) is 1. The molecule has 0 radical (unpaired) electrons. The molecule has 0 unspecified atom stereocenters. The molecular weight excluding hydrogens is 262 g/mol. The van der Waals surface area contributed by atoms with Gasteiger partial charge in [-0.15, -0.1) is 0 Å². The Morgan fingerprint density at radius 2 is 1.76 bits per heavy atom. The minimum Gasteiger partial charge on any atom is -0.497 e. The fourth-order valence-corrected chi connectivity index (χ4v) is 2.25. The Bertz CT molecular complexity index is 707. The summed E-state index contributed by atoms with van der Waals surface area (Å²) in [6.07, 6.45) is 1.47. The molecule has 0 aliphatic carbocycles. The fraction of sp³-hybridized carbons (Fsp3) is 0.176. The first-order chi connectivity index (χ1) is 10.3. The summed E-state index contributed by atoms with van der Waals surface area (Å²) in [5, 5.41) is 7.29. The van der Waals surface area contributed by atoms with Crippen molar-refractivity contribution in [3.8, 4) is 5.75 Å². The van der Waals surface area contributed by atoms with Crippen molar-refractivity contribution in [1.82, 2.24) is 15.2 Å². The summed E-state index contributed by atoms with van der Waals surface area (Å²) in [5.41, 5.74) is 2.36. The molecule has 0 spiro atoms. The molecule has 0 aliphatic heterocycles. The molecule has 21 heavy (non-hydrogen) atoms. The van der Waals surface area contributed by atoms with Gasteiger partial charge in [0.2, 0.25) is 0 Å². The van der Waals surface area contributed by atoms with E-state index in [-0.39, 0.29) is 0 Å². The maximum Gasteiger partial charge on any atom is 0.155 e. The fourth-order valence-electron chi connectivity index (χ4n) is 2.25. The minimum atomic E-state index is 0.721. The monoisotopic (exact) mass is 279 g/mol. The van der Waals surface area contributed by atoms with E-state index in [1.807, 2.05) is 36.4 Å². The molecule has 106 valence electrons. The molecule has 1 aromatic heterocycles. The van der Waals surface area contributed by atoms with Crippen molar-refractivity contribution in [1.29, 1.82) is 0 Å². The highest BCUT2D eigenvalue weighted by Crippen LogP contribution is 2.15. The van der Waals surface area contributed by atoms with Gasteiger partial charge < -0.3 is 4.74 Å². The highest BCUT2D eigenvalue weighted by atomic mass is 16.5. The summed E-state index contributed by atoms with van der Waals surface area (Å²) >= 11 is 0. The second kappa shape index (κ2) is 6.22. The SMILES string of the molecule is COc1cccc(Cc2nc(Cc3ccccc3)n[nH]2)c1. The summed E-state index contributed by atoms with van der Waals surface area (Å²) in [6, 6.07) is 18.2. The van der Waals surface area contributed by atoms with Crippen molar-refractivity contribution < 1.29 is 4.74 Å². The molecule has 2 aromatic carbocycles. The number of aromatic nitrogens is 3. The van der Waals surface area contributed by atoms with E-state index in [1.54, 1.807) is 7.11 Å². The van der Waals surface area contributed by atoms with Crippen LogP contribution in [-0.2, 0) is 12.8 Å². The Morgan fingerprint density at radius 3 is 2.57 bits per heavy atom. The number of hydrogen-bond donors (Lipinski definition) is 1. The molecule has 4 heteroatoms. The number of aromatic amines is 1. The number of hydrogen-bond acceptors (Lipinski definition) is 3. The van der Waals surface area contributed by atoms with Gasteiger partial charge in [-0.25, -0.2) is 4.98 Å². The molecule has 0 fully saturated rings. The van der Waals surface area contributed by atoms with Crippen molar-refractivity contribution in [2.45, 2.75) is 12.8 Å². The molecule has 0 amide bonds. The van der Waals surface area contributed by atoms with Crippen molar-refractivity contribution >= 4 is 0 Å². The summed E-state index contributed by atoms with van der Waals surface area (Å²) in [6.45, 7) is 0. The first-order valence-corrected chi connectivity index (χ1v) is 6.90. The predicted octanol–water partition coefficient (Wildman–Crippen LogP) is 2.99. The molecule has 0 bridgehead atoms. The summed E-state index contributed by atoms with van der Waals surface area (Å²) in [4.78, 5) is 4.55. The molecule has 0 saturated heterocycles. The third-order valence-corrected chi connectivity index (χ3v) is 3.29. The molecule has 0 saturated carbocycles. The van der Waals surface area contributed by atoms with Crippen LogP contribution in [0.1, 0.15) is 22.8 Å². The van der Waals surface area contributed by atoms with Gasteiger partial charge in [-0.05, 0) is 23.3 Å². The van der Waals surface area contributed by atoms with Crippen LogP contribution in [0, 0.1) is 0 Å². The van der Waals surface area contributed by atoms with E-state index in [2.05, 4.69) is 33.4 Å². The van der Waals surface area contributed by atoms with Crippen LogP contribution in [0.3, 0.4) is 0 Å². The molecule has 0 aliphatic rings. The second-order valence-corrected chi connectivity index (χ2v) is 4.89. The van der Waals surface area contributed by atoms with Crippen molar-refractivity contribution in [2.24, 2.45) is 0 Å². The van der Waals surface area contributed by atoms with E-state index in [9.17, 15) is 0 Å². The Labute approximate surface area is 123 Å². The van der Waals surface area contributed by atoms with E-state index in [0.29, 0.717) is 0 Å². The molecule has 1 heterocycles. The summed E-state index contributed by atoms with van der Waals surface area (Å²) in [7, 11) is 1.67. The summed E-state index contributed by atoms with van der Waals surface area (Å²) < 4.78 is 5.23. The van der Waals surface area contributed by atoms with Crippen LogP contribution in [-0.4, -0.2) is 22.3 Å². The van der Waals surface area contributed by atoms with Gasteiger partial charge in [0.1, 0.15) is 11.6 Å². The lowest BCUT2D eigenvalue weighted by atomic mass is 10.1. The maximum absolute atomic E-state index is 5.23. The Balaban J connectivity index is 1.70. The van der Waals surface area contributed by atoms with Crippen LogP contribution in [0.4, 0.5) is 0 Å². The topological polar surface area (TPSA) is 50.8 Å². The first kappa shape index (κ1) is 13.4. The van der Waals surface area contributed by atoms with Crippen LogP contribution in [0.2, 0.25) is 0 Å². The van der Waals surface area contributed by atoms with Gasteiger partial charge in [0, 0.05) is 12.8 Å². The van der Waals surface area contributed by atoms with Gasteiger partial charge in [0.05, 0.1) is 7.11 Å². The van der Waals surface area contributed by atoms with Gasteiger partial charge >= 0.3 is 0 Å². The van der Waals surface area contributed by atoms with Crippen LogP contribution >= 0.6 is 0 Å². The van der Waals surface area contributed by atoms with E-state index >= 15 is 0 Å². The van der Waals surface area contributed by atoms with Gasteiger partial charge in [-0.1, -0.05) is 42.5 Å². The lowest BCUT2D eigenvalue weighted by Gasteiger charge is -2.02. The lowest BCUT2D eigenvalue weighted by molar-refractivity contribution is 0.414. The van der Waals surface area contributed by atoms with Crippen molar-refractivity contribution in [3.63, 3.8) is 0 Å². The number of methoxy groups -OCH3 is 1. The van der Waals surface area contributed by atoms with Crippen molar-refractivity contribution in [3.05, 3.63) is 77.4 Å². The largest absolute Gasteiger partial charge is 0.497 e. The first-order valence-electron chi connectivity index (χ1n) is 6.90. The molecular formula is C17H17N3O. The van der Waals surface area contributed by atoms with E-state index in [0.717, 1.165) is 35.8 Å². The Hall–Kier alpha value is -2.62. The van der Waals surface area contributed by atoms with Gasteiger partial charge in [-0.2, -0.15) is 5.10 Å². The average Bonchev–Trinajstić information content (AvgIpc) is 2.95. The Kier molecular flexibility index (Phi) is 3.96. The quantitative estimate of drug-likeness (QED) is 0.781. The highest BCUT2D eigenvalue weighted by Gasteiger charge is 2.06. The Morgan fingerprint density at radius 1 is 0.952 bits per heavy atom. The zero-order valence-electron chi connectivity index (χ0n) is 11.9. The zero-order valence-corrected chi connectivity index (χ0v) is 11.9. The van der Waals surface area contributed by atoms with Crippen LogP contribution < -0.4 is 4.74 Å². The summed E-state index contributed by atoms with van der Waals surface area (Å²) in [5.74, 6) is 2.55. The van der Waals surface area contributed by atoms with Gasteiger partial charge in [0.25, 0.3) is 0 Å². The zero-order chi connectivity index (χ0) is 14.5.